The molecule has 0 saturated heterocycles. The molecule has 4 heteroatoms. The number of nitrogens with two attached hydrogens (primary N) is 2. The molecule has 74 valence electrons. The summed E-state index contributed by atoms with van der Waals surface area (Å²) in [7, 11) is 0. The maximum atomic E-state index is 5.59. The number of benzene rings is 1. The largest absolute Gasteiger partial charge is 0.462 e. The summed E-state index contributed by atoms with van der Waals surface area (Å²) < 4.78 is 5.36. The van der Waals surface area contributed by atoms with Crippen molar-refractivity contribution in [2.24, 2.45) is 16.7 Å². The summed E-state index contributed by atoms with van der Waals surface area (Å²) in [6.07, 6.45) is 0. The summed E-state index contributed by atoms with van der Waals surface area (Å²) >= 11 is 0. The monoisotopic (exact) mass is 191 g/mol. The van der Waals surface area contributed by atoms with Crippen molar-refractivity contribution in [3.63, 3.8) is 0 Å². The lowest BCUT2D eigenvalue weighted by molar-refractivity contribution is 0.429. The van der Waals surface area contributed by atoms with Crippen LogP contribution < -0.4 is 16.3 Å². The van der Waals surface area contributed by atoms with Gasteiger partial charge in [-0.2, -0.15) is 5.10 Å². The highest BCUT2D eigenvalue weighted by molar-refractivity contribution is 5.99. The zero-order chi connectivity index (χ0) is 10.6. The molecule has 4 nitrogen and oxygen atoms in total. The quantitative estimate of drug-likeness (QED) is 0.248. The smallest absolute Gasteiger partial charge is 0.154 e. The van der Waals surface area contributed by atoms with Crippen LogP contribution in [0.1, 0.15) is 12.5 Å². The Bertz CT molecular complexity index is 371. The summed E-state index contributed by atoms with van der Waals surface area (Å²) in [6.45, 7) is 5.40. The third-order valence-corrected chi connectivity index (χ3v) is 1.59. The van der Waals surface area contributed by atoms with Gasteiger partial charge in [-0.1, -0.05) is 18.7 Å². The van der Waals surface area contributed by atoms with Gasteiger partial charge in [-0.15, -0.1) is 0 Å². The lowest BCUT2D eigenvalue weighted by Gasteiger charge is -2.09. The van der Waals surface area contributed by atoms with E-state index in [2.05, 4.69) is 11.7 Å². The van der Waals surface area contributed by atoms with E-state index in [0.29, 0.717) is 17.1 Å². The maximum absolute atomic E-state index is 5.59. The number of nitrogens with zero attached hydrogens (tertiary/aromatic N) is 1. The highest BCUT2D eigenvalue weighted by Crippen LogP contribution is 2.19. The number of hydrazone groups is 1. The molecule has 1 rings (SSSR count). The molecule has 0 unspecified atom stereocenters. The number of ether oxygens (including phenoxy) is 1. The van der Waals surface area contributed by atoms with E-state index in [9.17, 15) is 0 Å². The second kappa shape index (κ2) is 4.32. The molecule has 0 heterocycles. The summed E-state index contributed by atoms with van der Waals surface area (Å²) in [5.74, 6) is 6.52. The third kappa shape index (κ3) is 2.26. The van der Waals surface area contributed by atoms with Gasteiger partial charge in [0.2, 0.25) is 0 Å². The molecular weight excluding hydrogens is 178 g/mol. The normalized spacial score (nSPS) is 11.1. The van der Waals surface area contributed by atoms with Crippen molar-refractivity contribution < 1.29 is 4.74 Å². The minimum absolute atomic E-state index is 0.238. The molecule has 0 saturated carbocycles. The number of para-hydroxylation sites is 1. The van der Waals surface area contributed by atoms with Crippen molar-refractivity contribution in [1.82, 2.24) is 0 Å². The predicted molar refractivity (Wildman–Crippen MR) is 56.8 cm³/mol. The number of rotatable bonds is 3. The van der Waals surface area contributed by atoms with E-state index >= 15 is 0 Å². The molecule has 0 aliphatic carbocycles. The van der Waals surface area contributed by atoms with Crippen molar-refractivity contribution in [3.8, 4) is 5.75 Å². The lowest BCUT2D eigenvalue weighted by atomic mass is 10.2. The van der Waals surface area contributed by atoms with Gasteiger partial charge in [-0.25, -0.2) is 0 Å². The Hall–Kier alpha value is -1.97. The topological polar surface area (TPSA) is 73.6 Å². The minimum atomic E-state index is 0.238. The first-order valence-corrected chi connectivity index (χ1v) is 4.11. The standard InChI is InChI=1S/C10H13N3O/c1-7(2)14-9-6-4-3-5-8(9)10(11)13-12/h3-6H,1,12H2,2H3,(H2,11,13). The highest BCUT2D eigenvalue weighted by atomic mass is 16.5. The Kier molecular flexibility index (Phi) is 3.12. The molecule has 1 aromatic rings. The van der Waals surface area contributed by atoms with Gasteiger partial charge < -0.3 is 16.3 Å². The molecule has 4 N–H and O–H groups in total. The molecule has 0 radical (unpaired) electrons. The predicted octanol–water partition coefficient (Wildman–Crippen LogP) is 1.18. The van der Waals surface area contributed by atoms with E-state index in [1.54, 1.807) is 19.1 Å². The molecule has 0 fully saturated rings. The van der Waals surface area contributed by atoms with E-state index < -0.39 is 0 Å². The lowest BCUT2D eigenvalue weighted by Crippen LogP contribution is -2.16. The van der Waals surface area contributed by atoms with Crippen molar-refractivity contribution >= 4 is 5.84 Å². The molecular formula is C10H13N3O. The Morgan fingerprint density at radius 1 is 1.43 bits per heavy atom. The number of hydrogen-bond donors (Lipinski definition) is 2. The van der Waals surface area contributed by atoms with Gasteiger partial charge in [0, 0.05) is 0 Å². The summed E-state index contributed by atoms with van der Waals surface area (Å²) in [4.78, 5) is 0. The Morgan fingerprint density at radius 2 is 2.07 bits per heavy atom. The van der Waals surface area contributed by atoms with Gasteiger partial charge in [0.05, 0.1) is 11.3 Å². The number of amidine groups is 1. The first-order chi connectivity index (χ1) is 6.65. The van der Waals surface area contributed by atoms with Gasteiger partial charge >= 0.3 is 0 Å². The molecule has 0 aliphatic rings. The van der Waals surface area contributed by atoms with Crippen LogP contribution in [0.4, 0.5) is 0 Å². The van der Waals surface area contributed by atoms with Crippen LogP contribution in [-0.4, -0.2) is 5.84 Å². The zero-order valence-corrected chi connectivity index (χ0v) is 8.03. The van der Waals surface area contributed by atoms with E-state index in [0.717, 1.165) is 0 Å². The van der Waals surface area contributed by atoms with Crippen LogP contribution in [0.5, 0.6) is 5.75 Å². The van der Waals surface area contributed by atoms with E-state index in [1.807, 2.05) is 12.1 Å². The van der Waals surface area contributed by atoms with Crippen molar-refractivity contribution in [1.29, 1.82) is 0 Å². The van der Waals surface area contributed by atoms with Crippen LogP contribution >= 0.6 is 0 Å². The second-order valence-electron chi connectivity index (χ2n) is 2.81. The van der Waals surface area contributed by atoms with Crippen molar-refractivity contribution in [2.75, 3.05) is 0 Å². The van der Waals surface area contributed by atoms with Gasteiger partial charge in [0.15, 0.2) is 5.84 Å². The number of hydrogen-bond acceptors (Lipinski definition) is 3. The zero-order valence-electron chi connectivity index (χ0n) is 8.03. The second-order valence-corrected chi connectivity index (χ2v) is 2.81. The fourth-order valence-corrected chi connectivity index (χ4v) is 1.02. The first kappa shape index (κ1) is 10.1. The van der Waals surface area contributed by atoms with E-state index in [1.165, 1.54) is 0 Å². The fraction of sp³-hybridized carbons (Fsp3) is 0.100. The summed E-state index contributed by atoms with van der Waals surface area (Å²) in [5.41, 5.74) is 6.25. The number of allylic oxidation sites excluding steroid dienone is 1. The molecule has 0 aromatic heterocycles. The molecule has 1 aromatic carbocycles. The van der Waals surface area contributed by atoms with Crippen LogP contribution in [0.25, 0.3) is 0 Å². The Labute approximate surface area is 82.9 Å². The Balaban J connectivity index is 3.09. The molecule has 0 amide bonds. The van der Waals surface area contributed by atoms with Crippen LogP contribution in [0.2, 0.25) is 0 Å². The molecule has 0 spiro atoms. The maximum Gasteiger partial charge on any atom is 0.154 e. The van der Waals surface area contributed by atoms with Crippen LogP contribution in [0.15, 0.2) is 41.7 Å². The molecule has 0 aliphatic heterocycles. The van der Waals surface area contributed by atoms with Crippen LogP contribution in [0, 0.1) is 0 Å². The van der Waals surface area contributed by atoms with Gasteiger partial charge in [-0.3, -0.25) is 0 Å². The molecule has 0 atom stereocenters. The van der Waals surface area contributed by atoms with Gasteiger partial charge in [-0.05, 0) is 19.1 Å². The average Bonchev–Trinajstić information content (AvgIpc) is 2.16. The van der Waals surface area contributed by atoms with Crippen molar-refractivity contribution in [2.45, 2.75) is 6.92 Å². The van der Waals surface area contributed by atoms with Crippen LogP contribution in [0.3, 0.4) is 0 Å². The van der Waals surface area contributed by atoms with E-state index in [-0.39, 0.29) is 5.84 Å². The van der Waals surface area contributed by atoms with Gasteiger partial charge in [0.25, 0.3) is 0 Å². The summed E-state index contributed by atoms with van der Waals surface area (Å²) in [5, 5.41) is 3.41. The summed E-state index contributed by atoms with van der Waals surface area (Å²) in [6, 6.07) is 7.23. The van der Waals surface area contributed by atoms with Crippen LogP contribution in [-0.2, 0) is 0 Å². The third-order valence-electron chi connectivity index (χ3n) is 1.59. The first-order valence-electron chi connectivity index (χ1n) is 4.11. The van der Waals surface area contributed by atoms with E-state index in [4.69, 9.17) is 16.3 Å². The molecule has 0 bridgehead atoms. The van der Waals surface area contributed by atoms with Gasteiger partial charge in [0.1, 0.15) is 5.75 Å². The minimum Gasteiger partial charge on any atom is -0.462 e. The average molecular weight is 191 g/mol. The Morgan fingerprint density at radius 3 is 2.64 bits per heavy atom. The fourth-order valence-electron chi connectivity index (χ4n) is 1.02. The SMILES string of the molecule is C=C(C)Oc1ccccc1C(N)=NN. The van der Waals surface area contributed by atoms with Crippen molar-refractivity contribution in [3.05, 3.63) is 42.2 Å². The highest BCUT2D eigenvalue weighted by Gasteiger charge is 2.06. The molecule has 14 heavy (non-hydrogen) atoms.